The van der Waals surface area contributed by atoms with Crippen molar-refractivity contribution in [2.45, 2.75) is 6.92 Å². The van der Waals surface area contributed by atoms with E-state index in [0.29, 0.717) is 5.82 Å². The van der Waals surface area contributed by atoms with Crippen molar-refractivity contribution in [3.63, 3.8) is 0 Å². The summed E-state index contributed by atoms with van der Waals surface area (Å²) >= 11 is 0. The zero-order valence-corrected chi connectivity index (χ0v) is 8.49. The summed E-state index contributed by atoms with van der Waals surface area (Å²) in [6, 6.07) is 3.88. The number of nitrogens with one attached hydrogen (secondary N) is 1. The number of allylic oxidation sites excluding steroid dienone is 1. The first kappa shape index (κ1) is 9.45. The van der Waals surface area contributed by atoms with Gasteiger partial charge in [-0.1, -0.05) is 12.6 Å². The molecule has 0 unspecified atom stereocenters. The molecule has 0 fully saturated rings. The lowest BCUT2D eigenvalue weighted by Gasteiger charge is -2.01. The van der Waals surface area contributed by atoms with Gasteiger partial charge < -0.3 is 5.73 Å². The summed E-state index contributed by atoms with van der Waals surface area (Å²) in [6.45, 7) is 5.75. The molecule has 0 aromatic carbocycles. The number of rotatable bonds is 2. The molecule has 3 N–H and O–H groups in total. The first-order chi connectivity index (χ1) is 7.18. The first-order valence-electron chi connectivity index (χ1n) is 4.59. The number of hydrogen-bond acceptors (Lipinski definition) is 3. The van der Waals surface area contributed by atoms with Crippen molar-refractivity contribution in [3.8, 4) is 11.1 Å². The number of pyridine rings is 1. The van der Waals surface area contributed by atoms with Crippen molar-refractivity contribution < 1.29 is 0 Å². The molecule has 0 spiro atoms. The minimum Gasteiger partial charge on any atom is -0.384 e. The molecule has 0 bridgehead atoms. The van der Waals surface area contributed by atoms with Gasteiger partial charge in [0.1, 0.15) is 5.82 Å². The van der Waals surface area contributed by atoms with Crippen molar-refractivity contribution in [3.05, 3.63) is 36.8 Å². The smallest absolute Gasteiger partial charge is 0.126 e. The number of aromatic nitrogens is 3. The van der Waals surface area contributed by atoms with E-state index in [4.69, 9.17) is 5.73 Å². The number of nitrogens with zero attached hydrogens (tertiary/aromatic N) is 2. The fourth-order valence-corrected chi connectivity index (χ4v) is 1.33. The molecule has 0 atom stereocenters. The Labute approximate surface area is 87.9 Å². The summed E-state index contributed by atoms with van der Waals surface area (Å²) in [4.78, 5) is 4.28. The first-order valence-corrected chi connectivity index (χ1v) is 4.59. The van der Waals surface area contributed by atoms with Gasteiger partial charge in [-0.25, -0.2) is 0 Å². The Balaban J connectivity index is 2.40. The van der Waals surface area contributed by atoms with Gasteiger partial charge in [0.05, 0.1) is 11.9 Å². The van der Waals surface area contributed by atoms with Crippen LogP contribution < -0.4 is 5.73 Å². The largest absolute Gasteiger partial charge is 0.384 e. The average Bonchev–Trinajstić information content (AvgIpc) is 2.65. The van der Waals surface area contributed by atoms with Crippen LogP contribution in [-0.2, 0) is 0 Å². The van der Waals surface area contributed by atoms with E-state index in [9.17, 15) is 0 Å². The Kier molecular flexibility index (Phi) is 2.25. The molecule has 2 rings (SSSR count). The number of nitrogens with two attached hydrogens (primary N) is 1. The van der Waals surface area contributed by atoms with Gasteiger partial charge in [0.15, 0.2) is 0 Å². The molecule has 0 saturated heterocycles. The van der Waals surface area contributed by atoms with Crippen LogP contribution in [0.15, 0.2) is 31.1 Å². The van der Waals surface area contributed by atoms with Gasteiger partial charge in [-0.05, 0) is 18.6 Å². The molecule has 4 heteroatoms. The van der Waals surface area contributed by atoms with Gasteiger partial charge in [-0.15, -0.1) is 0 Å². The summed E-state index contributed by atoms with van der Waals surface area (Å²) in [5.74, 6) is 0.555. The molecule has 2 aromatic heterocycles. The number of anilines is 1. The average molecular weight is 200 g/mol. The minimum absolute atomic E-state index is 0.555. The van der Waals surface area contributed by atoms with E-state index in [1.54, 1.807) is 12.4 Å². The van der Waals surface area contributed by atoms with Gasteiger partial charge in [0, 0.05) is 17.3 Å². The third-order valence-corrected chi connectivity index (χ3v) is 2.18. The van der Waals surface area contributed by atoms with E-state index in [2.05, 4.69) is 21.8 Å². The Hall–Kier alpha value is -2.10. The van der Waals surface area contributed by atoms with Crippen molar-refractivity contribution in [1.82, 2.24) is 15.2 Å². The highest BCUT2D eigenvalue weighted by atomic mass is 15.1. The maximum atomic E-state index is 5.71. The number of nitrogen functional groups attached to an aromatic ring is 1. The van der Waals surface area contributed by atoms with Gasteiger partial charge in [0.2, 0.25) is 0 Å². The molecule has 2 aromatic rings. The van der Waals surface area contributed by atoms with E-state index in [0.717, 1.165) is 22.4 Å². The fraction of sp³-hybridized carbons (Fsp3) is 0.0909. The molecule has 0 radical (unpaired) electrons. The Morgan fingerprint density at radius 1 is 1.40 bits per heavy atom. The zero-order valence-electron chi connectivity index (χ0n) is 8.49. The summed E-state index contributed by atoms with van der Waals surface area (Å²) in [5.41, 5.74) is 9.36. The normalized spacial score (nSPS) is 10.2. The van der Waals surface area contributed by atoms with Gasteiger partial charge in [0.25, 0.3) is 0 Å². The van der Waals surface area contributed by atoms with Crippen LogP contribution in [0.25, 0.3) is 16.7 Å². The number of aromatic amines is 1. The lowest BCUT2D eigenvalue weighted by atomic mass is 10.1. The summed E-state index contributed by atoms with van der Waals surface area (Å²) < 4.78 is 0. The second kappa shape index (κ2) is 3.57. The fourth-order valence-electron chi connectivity index (χ4n) is 1.33. The highest BCUT2D eigenvalue weighted by Gasteiger charge is 2.04. The molecule has 0 aliphatic rings. The van der Waals surface area contributed by atoms with Crippen molar-refractivity contribution in [2.75, 3.05) is 5.73 Å². The van der Waals surface area contributed by atoms with Crippen molar-refractivity contribution in [1.29, 1.82) is 0 Å². The molecule has 2 heterocycles. The highest BCUT2D eigenvalue weighted by Crippen LogP contribution is 2.23. The van der Waals surface area contributed by atoms with Crippen LogP contribution in [-0.4, -0.2) is 15.2 Å². The van der Waals surface area contributed by atoms with Crippen LogP contribution in [0.1, 0.15) is 12.6 Å². The lowest BCUT2D eigenvalue weighted by Crippen LogP contribution is -1.89. The third kappa shape index (κ3) is 1.74. The van der Waals surface area contributed by atoms with Crippen molar-refractivity contribution in [2.24, 2.45) is 0 Å². The monoisotopic (exact) mass is 200 g/mol. The maximum absolute atomic E-state index is 5.71. The zero-order chi connectivity index (χ0) is 10.8. The van der Waals surface area contributed by atoms with E-state index >= 15 is 0 Å². The Morgan fingerprint density at radius 2 is 2.20 bits per heavy atom. The summed E-state index contributed by atoms with van der Waals surface area (Å²) in [7, 11) is 0. The molecule has 0 aliphatic heterocycles. The van der Waals surface area contributed by atoms with E-state index in [1.165, 1.54) is 0 Å². The Morgan fingerprint density at radius 3 is 2.67 bits per heavy atom. The molecule has 4 nitrogen and oxygen atoms in total. The third-order valence-electron chi connectivity index (χ3n) is 2.18. The summed E-state index contributed by atoms with van der Waals surface area (Å²) in [6.07, 6.45) is 3.46. The van der Waals surface area contributed by atoms with E-state index < -0.39 is 0 Å². The van der Waals surface area contributed by atoms with Crippen LogP contribution in [0.2, 0.25) is 0 Å². The number of H-pyrrole nitrogens is 1. The second-order valence-electron chi connectivity index (χ2n) is 3.41. The van der Waals surface area contributed by atoms with Crippen LogP contribution in [0, 0.1) is 0 Å². The van der Waals surface area contributed by atoms with E-state index in [-0.39, 0.29) is 0 Å². The highest BCUT2D eigenvalue weighted by molar-refractivity contribution is 5.73. The molecule has 76 valence electrons. The quantitative estimate of drug-likeness (QED) is 0.779. The molecule has 15 heavy (non-hydrogen) atoms. The molecule has 0 saturated carbocycles. The molecular weight excluding hydrogens is 188 g/mol. The van der Waals surface area contributed by atoms with E-state index in [1.807, 2.05) is 19.1 Å². The predicted octanol–water partition coefficient (Wildman–Crippen LogP) is 2.09. The standard InChI is InChI=1S/C11H12N4/c1-7(2)10-4-3-8(5-13-10)9-6-14-15-11(9)12/h3-6H,1H2,2H3,(H3,12,14,15). The maximum Gasteiger partial charge on any atom is 0.126 e. The van der Waals surface area contributed by atoms with Gasteiger partial charge in [-0.3, -0.25) is 10.1 Å². The van der Waals surface area contributed by atoms with Gasteiger partial charge in [-0.2, -0.15) is 5.10 Å². The number of hydrogen-bond donors (Lipinski definition) is 2. The lowest BCUT2D eigenvalue weighted by molar-refractivity contribution is 1.10. The second-order valence-corrected chi connectivity index (χ2v) is 3.41. The van der Waals surface area contributed by atoms with Crippen LogP contribution in [0.5, 0.6) is 0 Å². The SMILES string of the molecule is C=C(C)c1ccc(-c2cn[nH]c2N)cn1. The van der Waals surface area contributed by atoms with Crippen molar-refractivity contribution >= 4 is 11.4 Å². The van der Waals surface area contributed by atoms with Gasteiger partial charge >= 0.3 is 0 Å². The summed E-state index contributed by atoms with van der Waals surface area (Å²) in [5, 5.41) is 6.55. The molecular formula is C11H12N4. The molecule has 0 amide bonds. The van der Waals surface area contributed by atoms with Crippen LogP contribution in [0.3, 0.4) is 0 Å². The van der Waals surface area contributed by atoms with Crippen LogP contribution in [0.4, 0.5) is 5.82 Å². The predicted molar refractivity (Wildman–Crippen MR) is 60.9 cm³/mol. The topological polar surface area (TPSA) is 67.6 Å². The minimum atomic E-state index is 0.555. The van der Waals surface area contributed by atoms with Crippen LogP contribution >= 0.6 is 0 Å². The Bertz CT molecular complexity index is 482. The molecule has 0 aliphatic carbocycles.